The molecule has 1 N–H and O–H groups in total. The van der Waals surface area contributed by atoms with Crippen LogP contribution >= 0.6 is 0 Å². The van der Waals surface area contributed by atoms with Gasteiger partial charge in [-0.3, -0.25) is 4.79 Å². The van der Waals surface area contributed by atoms with E-state index in [0.717, 1.165) is 30.6 Å². The first-order chi connectivity index (χ1) is 6.70. The average Bonchev–Trinajstić information content (AvgIpc) is 2.63. The van der Waals surface area contributed by atoms with Crippen LogP contribution < -0.4 is 0 Å². The van der Waals surface area contributed by atoms with Gasteiger partial charge in [0.25, 0.3) is 0 Å². The van der Waals surface area contributed by atoms with Crippen molar-refractivity contribution in [3.8, 4) is 0 Å². The maximum absolute atomic E-state index is 10.9. The number of aromatic nitrogens is 1. The molecule has 0 bridgehead atoms. The number of hydrogen-bond donors (Lipinski definition) is 1. The van der Waals surface area contributed by atoms with Crippen LogP contribution in [0.5, 0.6) is 0 Å². The molecule has 0 saturated heterocycles. The van der Waals surface area contributed by atoms with E-state index in [2.05, 4.69) is 5.16 Å². The Kier molecular flexibility index (Phi) is 2.27. The van der Waals surface area contributed by atoms with Crippen molar-refractivity contribution in [1.82, 2.24) is 5.16 Å². The number of aryl methyl sites for hydroxylation is 1. The molecule has 0 radical (unpaired) electrons. The lowest BCUT2D eigenvalue weighted by atomic mass is 9.81. The maximum Gasteiger partial charge on any atom is 0.306 e. The number of aliphatic carboxylic acids is 1. The molecule has 1 aliphatic carbocycles. The van der Waals surface area contributed by atoms with Gasteiger partial charge in [-0.15, -0.1) is 0 Å². The number of fused-ring (bicyclic) bond motifs is 1. The summed E-state index contributed by atoms with van der Waals surface area (Å²) < 4.78 is 5.13. The normalized spacial score (nSPS) is 22.8. The van der Waals surface area contributed by atoms with Gasteiger partial charge in [-0.25, -0.2) is 0 Å². The summed E-state index contributed by atoms with van der Waals surface area (Å²) in [6.45, 7) is 1.73. The molecule has 1 heterocycles. The zero-order chi connectivity index (χ0) is 10.1. The Morgan fingerprint density at radius 2 is 2.57 bits per heavy atom. The van der Waals surface area contributed by atoms with Gasteiger partial charge in [-0.1, -0.05) is 12.1 Å². The van der Waals surface area contributed by atoms with Crippen molar-refractivity contribution < 1.29 is 14.4 Å². The predicted octanol–water partition coefficient (Wildman–Crippen LogP) is 1.82. The number of hydrogen-bond acceptors (Lipinski definition) is 3. The molecule has 1 aromatic rings. The molecule has 4 nitrogen and oxygen atoms in total. The van der Waals surface area contributed by atoms with Gasteiger partial charge in [0.1, 0.15) is 5.76 Å². The highest BCUT2D eigenvalue weighted by Gasteiger charge is 2.32. The smallest absolute Gasteiger partial charge is 0.306 e. The minimum atomic E-state index is -0.765. The molecular formula is C10H13NO3. The van der Waals surface area contributed by atoms with Crippen molar-refractivity contribution in [2.24, 2.45) is 5.92 Å². The first kappa shape index (κ1) is 9.24. The van der Waals surface area contributed by atoms with Gasteiger partial charge in [-0.2, -0.15) is 0 Å². The number of nitrogens with zero attached hydrogens (tertiary/aromatic N) is 1. The highest BCUT2D eigenvalue weighted by Crippen LogP contribution is 2.36. The van der Waals surface area contributed by atoms with Gasteiger partial charge in [0.2, 0.25) is 0 Å². The molecule has 2 unspecified atom stereocenters. The molecule has 14 heavy (non-hydrogen) atoms. The number of carboxylic acid groups (broad SMARTS) is 1. The Bertz CT molecular complexity index is 345. The van der Waals surface area contributed by atoms with E-state index in [0.29, 0.717) is 0 Å². The van der Waals surface area contributed by atoms with Crippen molar-refractivity contribution in [3.63, 3.8) is 0 Å². The molecule has 0 spiro atoms. The van der Waals surface area contributed by atoms with Crippen LogP contribution in [0.1, 0.15) is 37.0 Å². The fraction of sp³-hybridized carbons (Fsp3) is 0.600. The van der Waals surface area contributed by atoms with Crippen molar-refractivity contribution in [2.75, 3.05) is 0 Å². The van der Waals surface area contributed by atoms with Gasteiger partial charge in [0.15, 0.2) is 0 Å². The molecule has 0 saturated carbocycles. The van der Waals surface area contributed by atoms with Crippen LogP contribution in [0.25, 0.3) is 0 Å². The van der Waals surface area contributed by atoms with E-state index in [1.54, 1.807) is 13.1 Å². The molecule has 0 fully saturated rings. The highest BCUT2D eigenvalue weighted by atomic mass is 16.5. The third kappa shape index (κ3) is 1.41. The molecule has 0 aromatic carbocycles. The Hall–Kier alpha value is -1.32. The molecule has 0 amide bonds. The van der Waals surface area contributed by atoms with E-state index in [-0.39, 0.29) is 11.8 Å². The molecule has 2 rings (SSSR count). The lowest BCUT2D eigenvalue weighted by Crippen LogP contribution is -2.21. The van der Waals surface area contributed by atoms with Crippen LogP contribution in [0.3, 0.4) is 0 Å². The van der Waals surface area contributed by atoms with Crippen LogP contribution in [0.15, 0.2) is 10.7 Å². The summed E-state index contributed by atoms with van der Waals surface area (Å²) in [7, 11) is 0. The van der Waals surface area contributed by atoms with Crippen molar-refractivity contribution in [1.29, 1.82) is 0 Å². The molecule has 1 aromatic heterocycles. The molecule has 76 valence electrons. The average molecular weight is 195 g/mol. The van der Waals surface area contributed by atoms with E-state index >= 15 is 0 Å². The van der Waals surface area contributed by atoms with E-state index in [4.69, 9.17) is 9.63 Å². The molecule has 2 atom stereocenters. The van der Waals surface area contributed by atoms with Crippen molar-refractivity contribution in [2.45, 2.75) is 32.1 Å². The summed E-state index contributed by atoms with van der Waals surface area (Å²) in [6.07, 6.45) is 4.57. The van der Waals surface area contributed by atoms with Crippen molar-refractivity contribution >= 4 is 5.97 Å². The quantitative estimate of drug-likeness (QED) is 0.781. The van der Waals surface area contributed by atoms with Gasteiger partial charge in [-0.05, 0) is 19.3 Å². The Labute approximate surface area is 81.9 Å². The first-order valence-corrected chi connectivity index (χ1v) is 4.86. The summed E-state index contributed by atoms with van der Waals surface area (Å²) in [5, 5.41) is 12.7. The number of carbonyl (C=O) groups is 1. The Morgan fingerprint density at radius 3 is 3.29 bits per heavy atom. The van der Waals surface area contributed by atoms with E-state index in [1.165, 1.54) is 0 Å². The third-order valence-electron chi connectivity index (χ3n) is 2.97. The van der Waals surface area contributed by atoms with E-state index < -0.39 is 5.97 Å². The van der Waals surface area contributed by atoms with Crippen LogP contribution in [0.2, 0.25) is 0 Å². The lowest BCUT2D eigenvalue weighted by molar-refractivity contribution is -0.142. The van der Waals surface area contributed by atoms with Gasteiger partial charge in [0, 0.05) is 11.5 Å². The third-order valence-corrected chi connectivity index (χ3v) is 2.97. The molecule has 0 aliphatic heterocycles. The summed E-state index contributed by atoms with van der Waals surface area (Å²) in [5.74, 6) is -0.369. The second-order valence-electron chi connectivity index (χ2n) is 3.84. The fourth-order valence-electron chi connectivity index (χ4n) is 2.06. The minimum Gasteiger partial charge on any atom is -0.481 e. The standard InChI is InChI=1S/C10H13NO3/c1-6(10(12)13)8-4-2-3-7-5-11-14-9(7)8/h5-6,8H,2-4H2,1H3,(H,12,13). The first-order valence-electron chi connectivity index (χ1n) is 4.86. The molecule has 1 aliphatic rings. The SMILES string of the molecule is CC(C(=O)O)C1CCCc2cnoc21. The van der Waals surface area contributed by atoms with Gasteiger partial charge < -0.3 is 9.63 Å². The van der Waals surface area contributed by atoms with Gasteiger partial charge in [0.05, 0.1) is 12.1 Å². The van der Waals surface area contributed by atoms with Crippen LogP contribution in [-0.4, -0.2) is 16.2 Å². The predicted molar refractivity (Wildman–Crippen MR) is 49.0 cm³/mol. The highest BCUT2D eigenvalue weighted by molar-refractivity contribution is 5.70. The molecular weight excluding hydrogens is 182 g/mol. The lowest BCUT2D eigenvalue weighted by Gasteiger charge is -2.22. The Balaban J connectivity index is 2.28. The second kappa shape index (κ2) is 3.44. The molecule has 4 heteroatoms. The van der Waals surface area contributed by atoms with Crippen LogP contribution in [0, 0.1) is 5.92 Å². The minimum absolute atomic E-state index is 0.00116. The summed E-state index contributed by atoms with van der Waals surface area (Å²) in [6, 6.07) is 0. The largest absolute Gasteiger partial charge is 0.481 e. The van der Waals surface area contributed by atoms with Crippen LogP contribution in [0.4, 0.5) is 0 Å². The zero-order valence-corrected chi connectivity index (χ0v) is 8.06. The second-order valence-corrected chi connectivity index (χ2v) is 3.84. The van der Waals surface area contributed by atoms with Gasteiger partial charge >= 0.3 is 5.97 Å². The zero-order valence-electron chi connectivity index (χ0n) is 8.06. The summed E-state index contributed by atoms with van der Waals surface area (Å²) >= 11 is 0. The Morgan fingerprint density at radius 1 is 1.79 bits per heavy atom. The summed E-state index contributed by atoms with van der Waals surface area (Å²) in [5.41, 5.74) is 1.08. The summed E-state index contributed by atoms with van der Waals surface area (Å²) in [4.78, 5) is 10.9. The maximum atomic E-state index is 10.9. The fourth-order valence-corrected chi connectivity index (χ4v) is 2.06. The number of carboxylic acids is 1. The topological polar surface area (TPSA) is 63.3 Å². The van der Waals surface area contributed by atoms with Crippen molar-refractivity contribution in [3.05, 3.63) is 17.5 Å². The van der Waals surface area contributed by atoms with E-state index in [1.807, 2.05) is 0 Å². The number of rotatable bonds is 2. The van der Waals surface area contributed by atoms with E-state index in [9.17, 15) is 4.79 Å². The van der Waals surface area contributed by atoms with Crippen LogP contribution in [-0.2, 0) is 11.2 Å². The monoisotopic (exact) mass is 195 g/mol.